The zero-order valence-electron chi connectivity index (χ0n) is 11.8. The minimum absolute atomic E-state index is 0.216. The molecule has 1 aromatic carbocycles. The number of benzene rings is 1. The van der Waals surface area contributed by atoms with Crippen molar-refractivity contribution in [1.29, 1.82) is 0 Å². The van der Waals surface area contributed by atoms with Crippen molar-refractivity contribution in [2.24, 2.45) is 5.73 Å². The molecule has 1 aliphatic heterocycles. The van der Waals surface area contributed by atoms with Gasteiger partial charge in [-0.05, 0) is 26.0 Å². The third-order valence-electron chi connectivity index (χ3n) is 3.21. The van der Waals surface area contributed by atoms with Crippen LogP contribution in [0.5, 0.6) is 17.4 Å². The monoisotopic (exact) mass is 301 g/mol. The Bertz CT molecular complexity index is 716. The van der Waals surface area contributed by atoms with Gasteiger partial charge in [0, 0.05) is 12.0 Å². The lowest BCUT2D eigenvalue weighted by atomic mass is 10.0. The first-order chi connectivity index (χ1) is 9.96. The van der Waals surface area contributed by atoms with Gasteiger partial charge in [-0.15, -0.1) is 5.10 Å². The predicted molar refractivity (Wildman–Crippen MR) is 82.8 cm³/mol. The molecule has 3 rings (SSSR count). The van der Waals surface area contributed by atoms with Crippen molar-refractivity contribution in [1.82, 2.24) is 10.2 Å². The average molecular weight is 301 g/mol. The normalized spacial score (nSPS) is 15.1. The highest BCUT2D eigenvalue weighted by molar-refractivity contribution is 7.80. The third kappa shape index (κ3) is 2.67. The first-order valence-electron chi connectivity index (χ1n) is 6.56. The van der Waals surface area contributed by atoms with Crippen LogP contribution in [0.15, 0.2) is 30.5 Å². The van der Waals surface area contributed by atoms with Gasteiger partial charge < -0.3 is 15.2 Å². The van der Waals surface area contributed by atoms with E-state index in [0.717, 1.165) is 17.7 Å². The average Bonchev–Trinajstić information content (AvgIpc) is 2.74. The second kappa shape index (κ2) is 4.96. The van der Waals surface area contributed by atoms with Crippen molar-refractivity contribution in [2.75, 3.05) is 0 Å². The lowest BCUT2D eigenvalue weighted by molar-refractivity contribution is 0.135. The van der Waals surface area contributed by atoms with Crippen LogP contribution in [0.1, 0.15) is 25.0 Å². The molecule has 0 fully saturated rings. The highest BCUT2D eigenvalue weighted by Crippen LogP contribution is 2.43. The number of para-hydroxylation sites is 1. The molecule has 108 valence electrons. The molecule has 2 aromatic rings. The van der Waals surface area contributed by atoms with Crippen LogP contribution in [0.25, 0.3) is 0 Å². The standard InChI is InChI=1S/C15H15N3O2S/c1-15(2)8-9-4-3-5-11(12(9)20-15)19-14-10(13(16)21)6-7-17-18-14/h3-7H,8H2,1-2H3,(H2,16,21). The van der Waals surface area contributed by atoms with Crippen molar-refractivity contribution in [2.45, 2.75) is 25.9 Å². The number of nitrogens with zero attached hydrogens (tertiary/aromatic N) is 2. The van der Waals surface area contributed by atoms with Gasteiger partial charge in [0.05, 0.1) is 11.8 Å². The minimum atomic E-state index is -0.240. The Balaban J connectivity index is 1.98. The van der Waals surface area contributed by atoms with Gasteiger partial charge in [0.2, 0.25) is 5.88 Å². The van der Waals surface area contributed by atoms with Crippen LogP contribution in [-0.4, -0.2) is 20.8 Å². The summed E-state index contributed by atoms with van der Waals surface area (Å²) in [6, 6.07) is 7.47. The molecule has 0 saturated heterocycles. The fraction of sp³-hybridized carbons (Fsp3) is 0.267. The van der Waals surface area contributed by atoms with Gasteiger partial charge in [-0.2, -0.15) is 5.10 Å². The van der Waals surface area contributed by atoms with Crippen molar-refractivity contribution in [3.63, 3.8) is 0 Å². The zero-order valence-corrected chi connectivity index (χ0v) is 12.6. The Morgan fingerprint density at radius 1 is 1.38 bits per heavy atom. The Hall–Kier alpha value is -2.21. The van der Waals surface area contributed by atoms with Gasteiger partial charge in [0.15, 0.2) is 11.5 Å². The molecule has 1 aliphatic rings. The Morgan fingerprint density at radius 2 is 2.19 bits per heavy atom. The molecule has 0 bridgehead atoms. The van der Waals surface area contributed by atoms with Crippen molar-refractivity contribution >= 4 is 17.2 Å². The molecule has 6 heteroatoms. The topological polar surface area (TPSA) is 70.3 Å². The summed E-state index contributed by atoms with van der Waals surface area (Å²) in [5, 5.41) is 7.78. The first-order valence-corrected chi connectivity index (χ1v) is 6.97. The summed E-state index contributed by atoms with van der Waals surface area (Å²) in [6.45, 7) is 4.08. The molecule has 21 heavy (non-hydrogen) atoms. The molecule has 0 radical (unpaired) electrons. The van der Waals surface area contributed by atoms with E-state index in [1.54, 1.807) is 6.07 Å². The summed E-state index contributed by atoms with van der Waals surface area (Å²) >= 11 is 5.00. The van der Waals surface area contributed by atoms with Gasteiger partial charge in [-0.25, -0.2) is 0 Å². The Kier molecular flexibility index (Phi) is 3.25. The lowest BCUT2D eigenvalue weighted by Crippen LogP contribution is -2.24. The quantitative estimate of drug-likeness (QED) is 0.879. The summed E-state index contributed by atoms with van der Waals surface area (Å²) < 4.78 is 11.8. The van der Waals surface area contributed by atoms with E-state index in [1.807, 2.05) is 32.0 Å². The number of hydrogen-bond donors (Lipinski definition) is 1. The van der Waals surface area contributed by atoms with E-state index < -0.39 is 0 Å². The van der Waals surface area contributed by atoms with E-state index in [2.05, 4.69) is 10.2 Å². The molecule has 0 amide bonds. The summed E-state index contributed by atoms with van der Waals surface area (Å²) in [5.74, 6) is 1.62. The summed E-state index contributed by atoms with van der Waals surface area (Å²) in [5.41, 5.74) is 7.10. The van der Waals surface area contributed by atoms with E-state index >= 15 is 0 Å². The number of aromatic nitrogens is 2. The number of ether oxygens (including phenoxy) is 2. The number of rotatable bonds is 3. The van der Waals surface area contributed by atoms with Crippen LogP contribution < -0.4 is 15.2 Å². The van der Waals surface area contributed by atoms with Gasteiger partial charge >= 0.3 is 0 Å². The van der Waals surface area contributed by atoms with Gasteiger partial charge in [0.1, 0.15) is 10.6 Å². The number of fused-ring (bicyclic) bond motifs is 1. The van der Waals surface area contributed by atoms with Crippen LogP contribution >= 0.6 is 12.2 Å². The highest BCUT2D eigenvalue weighted by atomic mass is 32.1. The molecule has 0 atom stereocenters. The van der Waals surface area contributed by atoms with Gasteiger partial charge in [-0.1, -0.05) is 24.4 Å². The van der Waals surface area contributed by atoms with Crippen LogP contribution in [0.4, 0.5) is 0 Å². The van der Waals surface area contributed by atoms with E-state index in [1.165, 1.54) is 6.20 Å². The van der Waals surface area contributed by atoms with Gasteiger partial charge in [0.25, 0.3) is 0 Å². The van der Waals surface area contributed by atoms with Crippen LogP contribution in [0, 0.1) is 0 Å². The van der Waals surface area contributed by atoms with Crippen molar-refractivity contribution < 1.29 is 9.47 Å². The first kappa shape index (κ1) is 13.8. The SMILES string of the molecule is CC1(C)Cc2cccc(Oc3nnccc3C(N)=S)c2O1. The van der Waals surface area contributed by atoms with E-state index in [4.69, 9.17) is 27.4 Å². The van der Waals surface area contributed by atoms with E-state index in [-0.39, 0.29) is 16.5 Å². The molecule has 5 nitrogen and oxygen atoms in total. The largest absolute Gasteiger partial charge is 0.483 e. The fourth-order valence-corrected chi connectivity index (χ4v) is 2.51. The number of thiocarbonyl (C=S) groups is 1. The molecule has 0 aliphatic carbocycles. The third-order valence-corrected chi connectivity index (χ3v) is 3.43. The van der Waals surface area contributed by atoms with Gasteiger partial charge in [-0.3, -0.25) is 0 Å². The maximum Gasteiger partial charge on any atom is 0.249 e. The molecule has 2 heterocycles. The molecular weight excluding hydrogens is 286 g/mol. The number of hydrogen-bond acceptors (Lipinski definition) is 5. The Morgan fingerprint density at radius 3 is 2.95 bits per heavy atom. The summed E-state index contributed by atoms with van der Waals surface area (Å²) in [7, 11) is 0. The summed E-state index contributed by atoms with van der Waals surface area (Å²) in [4.78, 5) is 0.216. The minimum Gasteiger partial charge on any atom is -0.483 e. The summed E-state index contributed by atoms with van der Waals surface area (Å²) in [6.07, 6.45) is 2.36. The fourth-order valence-electron chi connectivity index (χ4n) is 2.35. The molecule has 0 unspecified atom stereocenters. The van der Waals surface area contributed by atoms with Crippen LogP contribution in [-0.2, 0) is 6.42 Å². The second-order valence-corrected chi connectivity index (χ2v) is 5.94. The van der Waals surface area contributed by atoms with E-state index in [0.29, 0.717) is 11.3 Å². The zero-order chi connectivity index (χ0) is 15.0. The smallest absolute Gasteiger partial charge is 0.249 e. The molecule has 1 aromatic heterocycles. The van der Waals surface area contributed by atoms with Crippen LogP contribution in [0.3, 0.4) is 0 Å². The molecule has 0 spiro atoms. The Labute approximate surface area is 128 Å². The molecular formula is C15H15N3O2S. The predicted octanol–water partition coefficient (Wildman–Crippen LogP) is 2.62. The van der Waals surface area contributed by atoms with E-state index in [9.17, 15) is 0 Å². The highest BCUT2D eigenvalue weighted by Gasteiger charge is 2.32. The van der Waals surface area contributed by atoms with Crippen molar-refractivity contribution in [3.8, 4) is 17.4 Å². The molecule has 0 saturated carbocycles. The van der Waals surface area contributed by atoms with Crippen LogP contribution in [0.2, 0.25) is 0 Å². The molecule has 2 N–H and O–H groups in total. The maximum absolute atomic E-state index is 5.96. The maximum atomic E-state index is 5.96. The lowest BCUT2D eigenvalue weighted by Gasteiger charge is -2.18. The number of nitrogens with two attached hydrogens (primary N) is 1. The van der Waals surface area contributed by atoms with Crippen molar-refractivity contribution in [3.05, 3.63) is 41.6 Å². The second-order valence-electron chi connectivity index (χ2n) is 5.50.